The molecule has 2 rings (SSSR count). The Balaban J connectivity index is 1.78. The standard InChI is InChI=1S/C14H21N3/c1-17(2)9-3-7-15-11-12-4-5-14-13(10-12)6-8-16-14/h4-6,8,10,15-16H,3,7,9,11H2,1-2H3. The number of rotatable bonds is 6. The van der Waals surface area contributed by atoms with E-state index >= 15 is 0 Å². The van der Waals surface area contributed by atoms with Gasteiger partial charge in [0, 0.05) is 18.3 Å². The van der Waals surface area contributed by atoms with Crippen LogP contribution in [0.2, 0.25) is 0 Å². The smallest absolute Gasteiger partial charge is 0.0454 e. The lowest BCUT2D eigenvalue weighted by Gasteiger charge is -2.09. The molecule has 0 aliphatic carbocycles. The molecule has 0 spiro atoms. The summed E-state index contributed by atoms with van der Waals surface area (Å²) in [7, 11) is 4.22. The molecule has 3 nitrogen and oxygen atoms in total. The van der Waals surface area contributed by atoms with E-state index in [1.165, 1.54) is 22.9 Å². The SMILES string of the molecule is CN(C)CCCNCc1ccc2[nH]ccc2c1. The molecule has 92 valence electrons. The number of benzene rings is 1. The highest BCUT2D eigenvalue weighted by Crippen LogP contribution is 2.13. The molecule has 0 radical (unpaired) electrons. The fourth-order valence-electron chi connectivity index (χ4n) is 1.97. The van der Waals surface area contributed by atoms with E-state index in [-0.39, 0.29) is 0 Å². The lowest BCUT2D eigenvalue weighted by Crippen LogP contribution is -2.20. The minimum atomic E-state index is 0.953. The van der Waals surface area contributed by atoms with Crippen LogP contribution in [-0.4, -0.2) is 37.1 Å². The molecule has 1 heterocycles. The third-order valence-corrected chi connectivity index (χ3v) is 2.91. The lowest BCUT2D eigenvalue weighted by atomic mass is 10.1. The molecular formula is C14H21N3. The first-order valence-electron chi connectivity index (χ1n) is 6.17. The van der Waals surface area contributed by atoms with Gasteiger partial charge in [-0.1, -0.05) is 6.07 Å². The van der Waals surface area contributed by atoms with Crippen molar-refractivity contribution in [2.75, 3.05) is 27.2 Å². The minimum absolute atomic E-state index is 0.953. The monoisotopic (exact) mass is 231 g/mol. The summed E-state index contributed by atoms with van der Waals surface area (Å²) in [6.07, 6.45) is 3.18. The van der Waals surface area contributed by atoms with Gasteiger partial charge in [-0.15, -0.1) is 0 Å². The van der Waals surface area contributed by atoms with E-state index in [1.54, 1.807) is 0 Å². The van der Waals surface area contributed by atoms with Gasteiger partial charge in [-0.2, -0.15) is 0 Å². The molecular weight excluding hydrogens is 210 g/mol. The fraction of sp³-hybridized carbons (Fsp3) is 0.429. The number of aromatic nitrogens is 1. The Labute approximate surface area is 103 Å². The predicted molar refractivity (Wildman–Crippen MR) is 73.2 cm³/mol. The molecule has 0 atom stereocenters. The molecule has 1 aromatic carbocycles. The zero-order valence-electron chi connectivity index (χ0n) is 10.7. The summed E-state index contributed by atoms with van der Waals surface area (Å²) in [4.78, 5) is 5.43. The van der Waals surface area contributed by atoms with Crippen LogP contribution in [0.3, 0.4) is 0 Å². The fourth-order valence-corrected chi connectivity index (χ4v) is 1.97. The number of nitrogens with zero attached hydrogens (tertiary/aromatic N) is 1. The molecule has 0 aliphatic heterocycles. The number of hydrogen-bond donors (Lipinski definition) is 2. The predicted octanol–water partition coefficient (Wildman–Crippen LogP) is 2.21. The van der Waals surface area contributed by atoms with Crippen molar-refractivity contribution in [3.05, 3.63) is 36.0 Å². The zero-order chi connectivity index (χ0) is 12.1. The topological polar surface area (TPSA) is 31.1 Å². The van der Waals surface area contributed by atoms with Gasteiger partial charge in [0.25, 0.3) is 0 Å². The molecule has 0 bridgehead atoms. The van der Waals surface area contributed by atoms with Gasteiger partial charge in [0.15, 0.2) is 0 Å². The van der Waals surface area contributed by atoms with Crippen molar-refractivity contribution in [3.63, 3.8) is 0 Å². The number of H-pyrrole nitrogens is 1. The quantitative estimate of drug-likeness (QED) is 0.747. The average molecular weight is 231 g/mol. The highest BCUT2D eigenvalue weighted by atomic mass is 15.0. The van der Waals surface area contributed by atoms with Crippen LogP contribution >= 0.6 is 0 Å². The second kappa shape index (κ2) is 5.84. The van der Waals surface area contributed by atoms with Crippen LogP contribution in [0.4, 0.5) is 0 Å². The van der Waals surface area contributed by atoms with Crippen molar-refractivity contribution >= 4 is 10.9 Å². The number of fused-ring (bicyclic) bond motifs is 1. The third kappa shape index (κ3) is 3.58. The Hall–Kier alpha value is -1.32. The summed E-state index contributed by atoms with van der Waals surface area (Å²) in [5.41, 5.74) is 2.56. The van der Waals surface area contributed by atoms with Crippen LogP contribution in [0.1, 0.15) is 12.0 Å². The number of nitrogens with one attached hydrogen (secondary N) is 2. The lowest BCUT2D eigenvalue weighted by molar-refractivity contribution is 0.394. The number of hydrogen-bond acceptors (Lipinski definition) is 2. The molecule has 1 aromatic heterocycles. The average Bonchev–Trinajstić information content (AvgIpc) is 2.75. The van der Waals surface area contributed by atoms with E-state index in [1.807, 2.05) is 6.20 Å². The van der Waals surface area contributed by atoms with Gasteiger partial charge in [-0.25, -0.2) is 0 Å². The Bertz CT molecular complexity index is 459. The van der Waals surface area contributed by atoms with Crippen LogP contribution in [0, 0.1) is 0 Å². The summed E-state index contributed by atoms with van der Waals surface area (Å²) in [5, 5.41) is 4.77. The van der Waals surface area contributed by atoms with Gasteiger partial charge in [-0.05, 0) is 62.8 Å². The van der Waals surface area contributed by atoms with Gasteiger partial charge in [0.1, 0.15) is 0 Å². The maximum atomic E-state index is 3.48. The molecule has 2 aromatic rings. The van der Waals surface area contributed by atoms with E-state index in [4.69, 9.17) is 0 Å². The van der Waals surface area contributed by atoms with Gasteiger partial charge in [0.05, 0.1) is 0 Å². The Morgan fingerprint density at radius 2 is 2.12 bits per heavy atom. The first kappa shape index (κ1) is 12.1. The van der Waals surface area contributed by atoms with Crippen molar-refractivity contribution in [3.8, 4) is 0 Å². The molecule has 3 heteroatoms. The van der Waals surface area contributed by atoms with Crippen molar-refractivity contribution in [2.24, 2.45) is 0 Å². The van der Waals surface area contributed by atoms with Crippen molar-refractivity contribution < 1.29 is 0 Å². The van der Waals surface area contributed by atoms with E-state index in [0.717, 1.165) is 19.6 Å². The summed E-state index contributed by atoms with van der Waals surface area (Å²) in [6.45, 7) is 3.17. The van der Waals surface area contributed by atoms with Gasteiger partial charge >= 0.3 is 0 Å². The molecule has 17 heavy (non-hydrogen) atoms. The highest BCUT2D eigenvalue weighted by molar-refractivity contribution is 5.79. The van der Waals surface area contributed by atoms with Gasteiger partial charge in [0.2, 0.25) is 0 Å². The third-order valence-electron chi connectivity index (χ3n) is 2.91. The Morgan fingerprint density at radius 1 is 1.24 bits per heavy atom. The molecule has 0 aliphatic rings. The van der Waals surface area contributed by atoms with E-state index in [0.29, 0.717) is 0 Å². The van der Waals surface area contributed by atoms with Crippen molar-refractivity contribution in [1.82, 2.24) is 15.2 Å². The Morgan fingerprint density at radius 3 is 2.94 bits per heavy atom. The largest absolute Gasteiger partial charge is 0.361 e. The van der Waals surface area contributed by atoms with E-state index < -0.39 is 0 Å². The van der Waals surface area contributed by atoms with Crippen LogP contribution in [0.25, 0.3) is 10.9 Å². The second-order valence-electron chi connectivity index (χ2n) is 4.73. The zero-order valence-corrected chi connectivity index (χ0v) is 10.7. The first-order valence-corrected chi connectivity index (χ1v) is 6.17. The van der Waals surface area contributed by atoms with Crippen molar-refractivity contribution in [1.29, 1.82) is 0 Å². The summed E-state index contributed by atoms with van der Waals surface area (Å²) < 4.78 is 0. The maximum Gasteiger partial charge on any atom is 0.0454 e. The van der Waals surface area contributed by atoms with Crippen LogP contribution < -0.4 is 5.32 Å². The van der Waals surface area contributed by atoms with E-state index in [2.05, 4.69) is 53.6 Å². The summed E-state index contributed by atoms with van der Waals surface area (Å²) in [5.74, 6) is 0. The van der Waals surface area contributed by atoms with E-state index in [9.17, 15) is 0 Å². The van der Waals surface area contributed by atoms with Crippen LogP contribution in [0.15, 0.2) is 30.5 Å². The normalized spacial score (nSPS) is 11.5. The van der Waals surface area contributed by atoms with Gasteiger partial charge < -0.3 is 15.2 Å². The summed E-state index contributed by atoms with van der Waals surface area (Å²) >= 11 is 0. The van der Waals surface area contributed by atoms with Crippen molar-refractivity contribution in [2.45, 2.75) is 13.0 Å². The summed E-state index contributed by atoms with van der Waals surface area (Å²) in [6, 6.07) is 8.68. The maximum absolute atomic E-state index is 3.48. The van der Waals surface area contributed by atoms with Gasteiger partial charge in [-0.3, -0.25) is 0 Å². The first-order chi connectivity index (χ1) is 8.25. The molecule has 0 saturated heterocycles. The molecule has 0 saturated carbocycles. The molecule has 0 fully saturated rings. The highest BCUT2D eigenvalue weighted by Gasteiger charge is 1.97. The Kier molecular flexibility index (Phi) is 4.18. The molecule has 0 amide bonds. The molecule has 2 N–H and O–H groups in total. The second-order valence-corrected chi connectivity index (χ2v) is 4.73. The van der Waals surface area contributed by atoms with Crippen LogP contribution in [-0.2, 0) is 6.54 Å². The van der Waals surface area contributed by atoms with Crippen LogP contribution in [0.5, 0.6) is 0 Å². The number of aromatic amines is 1. The minimum Gasteiger partial charge on any atom is -0.361 e. The molecule has 0 unspecified atom stereocenters.